The molecule has 0 aromatic rings. The number of hydrogen-bond donors (Lipinski definition) is 0. The highest BCUT2D eigenvalue weighted by molar-refractivity contribution is 14.1. The zero-order valence-electron chi connectivity index (χ0n) is 7.74. The molecule has 13 heavy (non-hydrogen) atoms. The van der Waals surface area contributed by atoms with Gasteiger partial charge in [-0.15, -0.1) is 6.58 Å². The Morgan fingerprint density at radius 1 is 1.54 bits per heavy atom. The van der Waals surface area contributed by atoms with Gasteiger partial charge in [-0.3, -0.25) is 3.11 Å². The first-order valence-corrected chi connectivity index (χ1v) is 5.46. The van der Waals surface area contributed by atoms with Gasteiger partial charge in [0, 0.05) is 12.6 Å². The van der Waals surface area contributed by atoms with Gasteiger partial charge < -0.3 is 0 Å². The zero-order chi connectivity index (χ0) is 10.1. The van der Waals surface area contributed by atoms with Gasteiger partial charge in [0.05, 0.1) is 27.9 Å². The van der Waals surface area contributed by atoms with E-state index in [4.69, 9.17) is 12.2 Å². The third kappa shape index (κ3) is 6.95. The largest absolute Gasteiger partial charge is 0.284 e. The molecule has 0 saturated heterocycles. The second-order valence-corrected chi connectivity index (χ2v) is 3.90. The van der Waals surface area contributed by atoms with Crippen LogP contribution in [-0.2, 0) is 0 Å². The monoisotopic (exact) mass is 307 g/mol. The minimum atomic E-state index is 0.827. The van der Waals surface area contributed by atoms with Crippen LogP contribution in [0.3, 0.4) is 0 Å². The molecule has 0 unspecified atom stereocenters. The fourth-order valence-electron chi connectivity index (χ4n) is 0.639. The molecule has 0 N–H and O–H groups in total. The van der Waals surface area contributed by atoms with E-state index in [-0.39, 0.29) is 0 Å². The van der Waals surface area contributed by atoms with Crippen LogP contribution < -0.4 is 0 Å². The average molecular weight is 307 g/mol. The van der Waals surface area contributed by atoms with Gasteiger partial charge in [-0.2, -0.15) is 0 Å². The van der Waals surface area contributed by atoms with Gasteiger partial charge in [0.2, 0.25) is 0 Å². The summed E-state index contributed by atoms with van der Waals surface area (Å²) >= 11 is 7.37. The predicted molar refractivity (Wildman–Crippen MR) is 71.8 cm³/mol. The maximum Gasteiger partial charge on any atom is 0.0946 e. The molecule has 0 aliphatic carbocycles. The average Bonchev–Trinajstić information content (AvgIpc) is 2.14. The van der Waals surface area contributed by atoms with Crippen LogP contribution in [0.5, 0.6) is 0 Å². The minimum absolute atomic E-state index is 0.827. The molecule has 0 rings (SSSR count). The summed E-state index contributed by atoms with van der Waals surface area (Å²) in [5, 5.41) is 0. The van der Waals surface area contributed by atoms with E-state index in [2.05, 4.69) is 35.5 Å². The molecule has 3 heteroatoms. The van der Waals surface area contributed by atoms with E-state index >= 15 is 0 Å². The van der Waals surface area contributed by atoms with Crippen LogP contribution in [0, 0.1) is 0 Å². The molecular formula is C10H14INS. The Morgan fingerprint density at radius 3 is 2.77 bits per heavy atom. The van der Waals surface area contributed by atoms with Crippen molar-refractivity contribution in [3.63, 3.8) is 0 Å². The Bertz CT molecular complexity index is 221. The Morgan fingerprint density at radius 2 is 2.23 bits per heavy atom. The predicted octanol–water partition coefficient (Wildman–Crippen LogP) is 4.02. The Balaban J connectivity index is 3.87. The van der Waals surface area contributed by atoms with Crippen LogP contribution in [0.4, 0.5) is 0 Å². The number of allylic oxidation sites excluding steroid dienone is 3. The van der Waals surface area contributed by atoms with Crippen molar-refractivity contribution in [1.82, 2.24) is 3.11 Å². The van der Waals surface area contributed by atoms with Crippen molar-refractivity contribution in [2.75, 3.05) is 0 Å². The molecule has 0 aliphatic rings. The van der Waals surface area contributed by atoms with E-state index in [1.54, 1.807) is 0 Å². The van der Waals surface area contributed by atoms with Gasteiger partial charge >= 0.3 is 0 Å². The minimum Gasteiger partial charge on any atom is -0.284 e. The van der Waals surface area contributed by atoms with E-state index in [1.807, 2.05) is 34.5 Å². The van der Waals surface area contributed by atoms with Crippen molar-refractivity contribution in [3.05, 3.63) is 37.1 Å². The highest BCUT2D eigenvalue weighted by atomic mass is 127. The lowest BCUT2D eigenvalue weighted by Crippen LogP contribution is -2.10. The van der Waals surface area contributed by atoms with Crippen LogP contribution in [0.2, 0.25) is 0 Å². The van der Waals surface area contributed by atoms with Gasteiger partial charge in [0.25, 0.3) is 0 Å². The first kappa shape index (κ1) is 12.8. The molecule has 0 aliphatic heterocycles. The number of halogens is 1. The molecule has 0 spiro atoms. The quantitative estimate of drug-likeness (QED) is 0.327. The lowest BCUT2D eigenvalue weighted by Gasteiger charge is -2.10. The summed E-state index contributed by atoms with van der Waals surface area (Å²) in [5.74, 6) is 0. The summed E-state index contributed by atoms with van der Waals surface area (Å²) in [6, 6.07) is 0. The van der Waals surface area contributed by atoms with Crippen LogP contribution >= 0.6 is 35.1 Å². The van der Waals surface area contributed by atoms with Crippen molar-refractivity contribution in [2.45, 2.75) is 19.8 Å². The molecule has 0 fully saturated rings. The molecule has 0 aromatic carbocycles. The van der Waals surface area contributed by atoms with Gasteiger partial charge in [-0.25, -0.2) is 0 Å². The van der Waals surface area contributed by atoms with E-state index in [9.17, 15) is 0 Å². The van der Waals surface area contributed by atoms with Gasteiger partial charge in [-0.05, 0) is 13.3 Å². The Kier molecular flexibility index (Phi) is 8.33. The molecule has 72 valence electrons. The Labute approximate surface area is 99.7 Å². The first-order chi connectivity index (χ1) is 6.22. The lowest BCUT2D eigenvalue weighted by atomic mass is 10.4. The second kappa shape index (κ2) is 8.44. The number of rotatable bonds is 5. The third-order valence-corrected chi connectivity index (χ3v) is 2.90. The summed E-state index contributed by atoms with van der Waals surface area (Å²) in [4.78, 5) is 0.916. The van der Waals surface area contributed by atoms with Crippen LogP contribution in [0.15, 0.2) is 37.1 Å². The number of hydrogen-bond acceptors (Lipinski definition) is 1. The summed E-state index contributed by atoms with van der Waals surface area (Å²) in [5.41, 5.74) is 0. The third-order valence-electron chi connectivity index (χ3n) is 1.31. The molecule has 0 atom stereocenters. The van der Waals surface area contributed by atoms with Crippen molar-refractivity contribution in [2.24, 2.45) is 0 Å². The molecule has 1 nitrogen and oxygen atoms in total. The smallest absolute Gasteiger partial charge is 0.0946 e. The molecule has 0 heterocycles. The van der Waals surface area contributed by atoms with E-state index in [0.29, 0.717) is 0 Å². The van der Waals surface area contributed by atoms with Crippen LogP contribution in [0.1, 0.15) is 19.8 Å². The molecule has 0 saturated carbocycles. The van der Waals surface area contributed by atoms with Gasteiger partial charge in [-0.1, -0.05) is 36.5 Å². The number of thiocarbonyl (C=S) groups is 1. The summed E-state index contributed by atoms with van der Waals surface area (Å²) < 4.78 is 1.93. The van der Waals surface area contributed by atoms with Gasteiger partial charge in [0.1, 0.15) is 0 Å². The molecule has 0 aromatic heterocycles. The van der Waals surface area contributed by atoms with Crippen molar-refractivity contribution in [1.29, 1.82) is 0 Å². The molecule has 0 bridgehead atoms. The zero-order valence-corrected chi connectivity index (χ0v) is 10.7. The lowest BCUT2D eigenvalue weighted by molar-refractivity contribution is 0.982. The SMILES string of the molecule is C=CC/C=C\N(I)C(=S)C/C=C\C. The summed E-state index contributed by atoms with van der Waals surface area (Å²) in [6.07, 6.45) is 11.6. The fraction of sp³-hybridized carbons (Fsp3) is 0.300. The normalized spacial score (nSPS) is 10.9. The maximum atomic E-state index is 5.18. The van der Waals surface area contributed by atoms with Crippen LogP contribution in [-0.4, -0.2) is 8.10 Å². The van der Waals surface area contributed by atoms with Crippen molar-refractivity contribution >= 4 is 40.1 Å². The topological polar surface area (TPSA) is 3.24 Å². The molecule has 0 radical (unpaired) electrons. The van der Waals surface area contributed by atoms with Crippen molar-refractivity contribution in [3.8, 4) is 0 Å². The fourth-order valence-corrected chi connectivity index (χ4v) is 1.22. The highest BCUT2D eigenvalue weighted by Gasteiger charge is 1.98. The second-order valence-electron chi connectivity index (χ2n) is 2.39. The van der Waals surface area contributed by atoms with Gasteiger partial charge in [0.15, 0.2) is 0 Å². The van der Waals surface area contributed by atoms with Crippen LogP contribution in [0.25, 0.3) is 0 Å². The Hall–Kier alpha value is -0.160. The summed E-state index contributed by atoms with van der Waals surface area (Å²) in [7, 11) is 0. The standard InChI is InChI=1S/C10H14INS/c1-3-5-7-9-12(11)10(13)8-6-4-2/h3-4,6-7,9H,1,5,8H2,2H3/b6-4-,9-7-. The highest BCUT2D eigenvalue weighted by Crippen LogP contribution is 2.06. The number of nitrogens with zero attached hydrogens (tertiary/aromatic N) is 1. The van der Waals surface area contributed by atoms with E-state index in [1.165, 1.54) is 0 Å². The molecule has 0 amide bonds. The summed E-state index contributed by atoms with van der Waals surface area (Å²) in [6.45, 7) is 5.63. The molecular weight excluding hydrogens is 293 g/mol. The first-order valence-electron chi connectivity index (χ1n) is 4.09. The van der Waals surface area contributed by atoms with E-state index < -0.39 is 0 Å². The van der Waals surface area contributed by atoms with Crippen molar-refractivity contribution < 1.29 is 0 Å². The van der Waals surface area contributed by atoms with E-state index in [0.717, 1.165) is 17.8 Å². The maximum absolute atomic E-state index is 5.18.